The van der Waals surface area contributed by atoms with Crippen molar-refractivity contribution in [3.05, 3.63) is 59.3 Å². The van der Waals surface area contributed by atoms with Crippen LogP contribution in [0.3, 0.4) is 0 Å². The van der Waals surface area contributed by atoms with Crippen LogP contribution in [0.1, 0.15) is 16.7 Å². The van der Waals surface area contributed by atoms with E-state index in [0.717, 1.165) is 11.6 Å². The first-order valence-corrected chi connectivity index (χ1v) is 5.78. The maximum atomic E-state index is 12.8. The van der Waals surface area contributed by atoms with E-state index in [0.29, 0.717) is 5.82 Å². The van der Waals surface area contributed by atoms with Crippen molar-refractivity contribution < 1.29 is 13.2 Å². The molecule has 2 rings (SSSR count). The summed E-state index contributed by atoms with van der Waals surface area (Å²) in [5.41, 5.74) is 0.593. The Bertz CT molecular complexity index is 565. The summed E-state index contributed by atoms with van der Waals surface area (Å²) in [7, 11) is 0. The Morgan fingerprint density at radius 2 is 1.89 bits per heavy atom. The van der Waals surface area contributed by atoms with Gasteiger partial charge in [0.2, 0.25) is 0 Å². The smallest absolute Gasteiger partial charge is 0.366 e. The van der Waals surface area contributed by atoms with Gasteiger partial charge in [-0.05, 0) is 36.2 Å². The molecule has 0 spiro atoms. The van der Waals surface area contributed by atoms with Gasteiger partial charge in [-0.1, -0.05) is 18.2 Å². The van der Waals surface area contributed by atoms with Gasteiger partial charge in [-0.25, -0.2) is 4.98 Å². The molecule has 0 unspecified atom stereocenters. The molecule has 1 aromatic heterocycles. The zero-order valence-corrected chi connectivity index (χ0v) is 10.3. The first kappa shape index (κ1) is 13.4. The molecule has 5 heteroatoms. The lowest BCUT2D eigenvalue weighted by atomic mass is 10.1. The molecule has 2 nitrogen and oxygen atoms in total. The highest BCUT2D eigenvalue weighted by atomic mass is 19.4. The fraction of sp³-hybridized carbons (Fsp3) is 0.214. The first-order chi connectivity index (χ1) is 8.97. The number of hydrogen-bond acceptors (Lipinski definition) is 2. The number of nitrogens with zero attached hydrogens (tertiary/aromatic N) is 1. The van der Waals surface area contributed by atoms with Crippen LogP contribution in [0.2, 0.25) is 0 Å². The fourth-order valence-electron chi connectivity index (χ4n) is 1.77. The molecule has 0 atom stereocenters. The molecule has 0 aliphatic rings. The van der Waals surface area contributed by atoms with E-state index in [1.54, 1.807) is 18.3 Å². The van der Waals surface area contributed by atoms with Gasteiger partial charge in [0, 0.05) is 12.7 Å². The molecule has 1 heterocycles. The second-order valence-corrected chi connectivity index (χ2v) is 4.23. The SMILES string of the molecule is Cc1ccnc(NCc2ccccc2C(F)(F)F)c1. The molecule has 1 N–H and O–H groups in total. The van der Waals surface area contributed by atoms with Gasteiger partial charge in [-0.15, -0.1) is 0 Å². The standard InChI is InChI=1S/C14H13F3N2/c1-10-6-7-18-13(8-10)19-9-11-4-2-3-5-12(11)14(15,16)17/h2-8H,9H2,1H3,(H,18,19). The Labute approximate surface area is 109 Å². The predicted octanol–water partition coefficient (Wildman–Crippen LogP) is 4.02. The monoisotopic (exact) mass is 266 g/mol. The van der Waals surface area contributed by atoms with Crippen molar-refractivity contribution in [2.75, 3.05) is 5.32 Å². The van der Waals surface area contributed by atoms with Gasteiger partial charge in [-0.3, -0.25) is 0 Å². The maximum Gasteiger partial charge on any atom is 0.416 e. The van der Waals surface area contributed by atoms with Crippen molar-refractivity contribution in [3.8, 4) is 0 Å². The average molecular weight is 266 g/mol. The van der Waals surface area contributed by atoms with Crippen LogP contribution >= 0.6 is 0 Å². The lowest BCUT2D eigenvalue weighted by Gasteiger charge is -2.13. The van der Waals surface area contributed by atoms with Crippen LogP contribution in [0.5, 0.6) is 0 Å². The predicted molar refractivity (Wildman–Crippen MR) is 67.7 cm³/mol. The summed E-state index contributed by atoms with van der Waals surface area (Å²) in [5, 5.41) is 2.90. The summed E-state index contributed by atoms with van der Waals surface area (Å²) in [6.07, 6.45) is -2.72. The van der Waals surface area contributed by atoms with Crippen LogP contribution in [-0.4, -0.2) is 4.98 Å². The highest BCUT2D eigenvalue weighted by Crippen LogP contribution is 2.32. The number of aromatic nitrogens is 1. The van der Waals surface area contributed by atoms with E-state index >= 15 is 0 Å². The van der Waals surface area contributed by atoms with E-state index in [1.165, 1.54) is 12.1 Å². The van der Waals surface area contributed by atoms with E-state index in [9.17, 15) is 13.2 Å². The number of hydrogen-bond donors (Lipinski definition) is 1. The number of pyridine rings is 1. The van der Waals surface area contributed by atoms with E-state index in [2.05, 4.69) is 10.3 Å². The second kappa shape index (κ2) is 5.30. The number of alkyl halides is 3. The quantitative estimate of drug-likeness (QED) is 0.907. The van der Waals surface area contributed by atoms with Gasteiger partial charge in [0.05, 0.1) is 5.56 Å². The molecular weight excluding hydrogens is 253 g/mol. The van der Waals surface area contributed by atoms with E-state index in [-0.39, 0.29) is 12.1 Å². The van der Waals surface area contributed by atoms with Gasteiger partial charge in [0.15, 0.2) is 0 Å². The Balaban J connectivity index is 2.16. The third-order valence-corrected chi connectivity index (χ3v) is 2.70. The molecule has 0 radical (unpaired) electrons. The van der Waals surface area contributed by atoms with Crippen molar-refractivity contribution in [3.63, 3.8) is 0 Å². The highest BCUT2D eigenvalue weighted by molar-refractivity contribution is 5.39. The summed E-state index contributed by atoms with van der Waals surface area (Å²) >= 11 is 0. The van der Waals surface area contributed by atoms with Crippen LogP contribution in [0.15, 0.2) is 42.6 Å². The number of benzene rings is 1. The third-order valence-electron chi connectivity index (χ3n) is 2.70. The van der Waals surface area contributed by atoms with Crippen LogP contribution in [-0.2, 0) is 12.7 Å². The zero-order valence-electron chi connectivity index (χ0n) is 10.3. The number of anilines is 1. The van der Waals surface area contributed by atoms with Gasteiger partial charge < -0.3 is 5.32 Å². The molecule has 0 aliphatic carbocycles. The van der Waals surface area contributed by atoms with Crippen LogP contribution in [0.25, 0.3) is 0 Å². The van der Waals surface area contributed by atoms with Crippen molar-refractivity contribution in [1.29, 1.82) is 0 Å². The topological polar surface area (TPSA) is 24.9 Å². The molecule has 0 aliphatic heterocycles. The third kappa shape index (κ3) is 3.47. The molecule has 0 fully saturated rings. The molecule has 0 saturated heterocycles. The molecule has 100 valence electrons. The number of halogens is 3. The Morgan fingerprint density at radius 3 is 2.58 bits per heavy atom. The van der Waals surface area contributed by atoms with E-state index < -0.39 is 11.7 Å². The van der Waals surface area contributed by atoms with Gasteiger partial charge in [-0.2, -0.15) is 13.2 Å². The van der Waals surface area contributed by atoms with E-state index in [1.807, 2.05) is 13.0 Å². The summed E-state index contributed by atoms with van der Waals surface area (Å²) in [4.78, 5) is 4.05. The lowest BCUT2D eigenvalue weighted by molar-refractivity contribution is -0.138. The molecular formula is C14H13F3N2. The van der Waals surface area contributed by atoms with Crippen molar-refractivity contribution in [2.24, 2.45) is 0 Å². The number of nitrogens with one attached hydrogen (secondary N) is 1. The Hall–Kier alpha value is -2.04. The van der Waals surface area contributed by atoms with Gasteiger partial charge >= 0.3 is 6.18 Å². The normalized spacial score (nSPS) is 11.4. The maximum absolute atomic E-state index is 12.8. The molecule has 2 aromatic rings. The zero-order chi connectivity index (χ0) is 13.9. The van der Waals surface area contributed by atoms with E-state index in [4.69, 9.17) is 0 Å². The highest BCUT2D eigenvalue weighted by Gasteiger charge is 2.32. The van der Waals surface area contributed by atoms with Crippen LogP contribution in [0, 0.1) is 6.92 Å². The molecule has 1 aromatic carbocycles. The lowest BCUT2D eigenvalue weighted by Crippen LogP contribution is -2.12. The first-order valence-electron chi connectivity index (χ1n) is 5.78. The Morgan fingerprint density at radius 1 is 1.16 bits per heavy atom. The summed E-state index contributed by atoms with van der Waals surface area (Å²) in [6, 6.07) is 9.14. The van der Waals surface area contributed by atoms with Gasteiger partial charge in [0.1, 0.15) is 5.82 Å². The number of aryl methyl sites for hydroxylation is 1. The van der Waals surface area contributed by atoms with Crippen molar-refractivity contribution >= 4 is 5.82 Å². The largest absolute Gasteiger partial charge is 0.416 e. The summed E-state index contributed by atoms with van der Waals surface area (Å²) in [6.45, 7) is 1.99. The molecule has 0 bridgehead atoms. The number of rotatable bonds is 3. The van der Waals surface area contributed by atoms with Crippen molar-refractivity contribution in [2.45, 2.75) is 19.6 Å². The van der Waals surface area contributed by atoms with Crippen molar-refractivity contribution in [1.82, 2.24) is 4.98 Å². The minimum atomic E-state index is -4.34. The average Bonchev–Trinajstić information content (AvgIpc) is 2.36. The fourth-order valence-corrected chi connectivity index (χ4v) is 1.77. The Kier molecular flexibility index (Phi) is 3.74. The summed E-state index contributed by atoms with van der Waals surface area (Å²) in [5.74, 6) is 0.567. The molecule has 19 heavy (non-hydrogen) atoms. The molecule has 0 amide bonds. The minimum Gasteiger partial charge on any atom is -0.366 e. The molecule has 0 saturated carbocycles. The van der Waals surface area contributed by atoms with Crippen LogP contribution in [0.4, 0.5) is 19.0 Å². The minimum absolute atomic E-state index is 0.0894. The van der Waals surface area contributed by atoms with Crippen LogP contribution < -0.4 is 5.32 Å². The summed E-state index contributed by atoms with van der Waals surface area (Å²) < 4.78 is 38.4. The second-order valence-electron chi connectivity index (χ2n) is 4.23. The van der Waals surface area contributed by atoms with Gasteiger partial charge in [0.25, 0.3) is 0 Å².